The van der Waals surface area contributed by atoms with Crippen LogP contribution in [0, 0.1) is 24.7 Å². The van der Waals surface area contributed by atoms with E-state index in [1.165, 1.54) is 38.5 Å². The molecule has 3 heteroatoms. The molecule has 0 aliphatic heterocycles. The molecule has 1 aromatic rings. The van der Waals surface area contributed by atoms with Crippen LogP contribution in [0.1, 0.15) is 44.2 Å². The largest absolute Gasteiger partial charge is 0.394 e. The normalized spacial score (nSPS) is 39.7. The molecule has 0 spiro atoms. The molecule has 0 atom stereocenters. The molecular formula is C16H22N2O. The van der Waals surface area contributed by atoms with Crippen molar-refractivity contribution in [2.24, 2.45) is 17.8 Å². The fraction of sp³-hybridized carbons (Fsp3) is 0.688. The summed E-state index contributed by atoms with van der Waals surface area (Å²) >= 11 is 0. The maximum Gasteiger partial charge on any atom is 0.204 e. The minimum atomic E-state index is -0.0292. The molecule has 1 heterocycles. The molecular weight excluding hydrogens is 236 g/mol. The molecule has 0 saturated heterocycles. The Morgan fingerprint density at radius 1 is 1.16 bits per heavy atom. The molecule has 4 fully saturated rings. The third-order valence-corrected chi connectivity index (χ3v) is 5.79. The highest BCUT2D eigenvalue weighted by Gasteiger charge is 2.51. The molecule has 102 valence electrons. The summed E-state index contributed by atoms with van der Waals surface area (Å²) in [5, 5.41) is 0. The highest BCUT2D eigenvalue weighted by Crippen LogP contribution is 2.58. The second-order valence-corrected chi connectivity index (χ2v) is 7.25. The summed E-state index contributed by atoms with van der Waals surface area (Å²) in [5.41, 5.74) is 7.60. The van der Waals surface area contributed by atoms with Crippen LogP contribution in [-0.2, 0) is 5.54 Å². The Bertz CT molecular complexity index is 552. The maximum absolute atomic E-state index is 11.7. The van der Waals surface area contributed by atoms with Gasteiger partial charge in [-0.1, -0.05) is 0 Å². The molecule has 0 unspecified atom stereocenters. The third kappa shape index (κ3) is 1.60. The van der Waals surface area contributed by atoms with Gasteiger partial charge in [-0.3, -0.25) is 4.79 Å². The third-order valence-electron chi connectivity index (χ3n) is 5.79. The molecule has 19 heavy (non-hydrogen) atoms. The summed E-state index contributed by atoms with van der Waals surface area (Å²) in [7, 11) is 0. The number of nitrogens with zero attached hydrogens (tertiary/aromatic N) is 1. The van der Waals surface area contributed by atoms with E-state index in [-0.39, 0.29) is 11.0 Å². The lowest BCUT2D eigenvalue weighted by Crippen LogP contribution is -2.52. The predicted molar refractivity (Wildman–Crippen MR) is 76.0 cm³/mol. The zero-order valence-electron chi connectivity index (χ0n) is 11.6. The van der Waals surface area contributed by atoms with Gasteiger partial charge >= 0.3 is 0 Å². The summed E-state index contributed by atoms with van der Waals surface area (Å²) in [5.74, 6) is 2.73. The van der Waals surface area contributed by atoms with Crippen molar-refractivity contribution in [3.63, 3.8) is 0 Å². The molecule has 3 nitrogen and oxygen atoms in total. The van der Waals surface area contributed by atoms with Gasteiger partial charge in [0.25, 0.3) is 0 Å². The van der Waals surface area contributed by atoms with Crippen molar-refractivity contribution in [2.75, 3.05) is 5.73 Å². The average Bonchev–Trinajstić information content (AvgIpc) is 2.32. The van der Waals surface area contributed by atoms with Gasteiger partial charge in [-0.15, -0.1) is 0 Å². The van der Waals surface area contributed by atoms with Crippen LogP contribution in [0.4, 0.5) is 5.69 Å². The zero-order valence-corrected chi connectivity index (χ0v) is 11.6. The van der Waals surface area contributed by atoms with Gasteiger partial charge in [0.2, 0.25) is 5.43 Å². The van der Waals surface area contributed by atoms with E-state index in [2.05, 4.69) is 11.5 Å². The van der Waals surface area contributed by atoms with Gasteiger partial charge in [0, 0.05) is 23.5 Å². The second kappa shape index (κ2) is 3.65. The highest BCUT2D eigenvalue weighted by molar-refractivity contribution is 5.36. The number of hydrogen-bond acceptors (Lipinski definition) is 2. The van der Waals surface area contributed by atoms with Crippen LogP contribution in [0.2, 0.25) is 0 Å². The van der Waals surface area contributed by atoms with E-state index < -0.39 is 0 Å². The van der Waals surface area contributed by atoms with Crippen LogP contribution in [0.5, 0.6) is 0 Å². The number of nitrogens with two attached hydrogens (primary N) is 1. The lowest BCUT2D eigenvalue weighted by atomic mass is 9.53. The summed E-state index contributed by atoms with van der Waals surface area (Å²) in [4.78, 5) is 11.7. The second-order valence-electron chi connectivity index (χ2n) is 7.25. The quantitative estimate of drug-likeness (QED) is 0.842. The van der Waals surface area contributed by atoms with Crippen LogP contribution in [-0.4, -0.2) is 4.57 Å². The van der Waals surface area contributed by atoms with E-state index in [1.807, 2.05) is 6.20 Å². The van der Waals surface area contributed by atoms with Crippen molar-refractivity contribution in [1.82, 2.24) is 4.57 Å². The Morgan fingerprint density at radius 2 is 1.68 bits per heavy atom. The predicted octanol–water partition coefficient (Wildman–Crippen LogP) is 2.66. The Labute approximate surface area is 113 Å². The number of aryl methyl sites for hydroxylation is 1. The molecule has 0 aromatic carbocycles. The van der Waals surface area contributed by atoms with E-state index >= 15 is 0 Å². The first-order valence-electron chi connectivity index (χ1n) is 7.55. The Kier molecular flexibility index (Phi) is 2.22. The number of aromatic nitrogens is 1. The van der Waals surface area contributed by atoms with E-state index in [9.17, 15) is 4.79 Å². The van der Waals surface area contributed by atoms with Crippen LogP contribution in [0.25, 0.3) is 0 Å². The molecule has 0 radical (unpaired) electrons. The van der Waals surface area contributed by atoms with E-state index in [4.69, 9.17) is 5.73 Å². The van der Waals surface area contributed by atoms with E-state index in [0.29, 0.717) is 5.69 Å². The average molecular weight is 258 g/mol. The first kappa shape index (κ1) is 11.6. The van der Waals surface area contributed by atoms with Gasteiger partial charge < -0.3 is 10.3 Å². The lowest BCUT2D eigenvalue weighted by molar-refractivity contribution is -0.0441. The molecule has 1 aromatic heterocycles. The number of pyridine rings is 1. The summed E-state index contributed by atoms with van der Waals surface area (Å²) in [6.07, 6.45) is 10.1. The van der Waals surface area contributed by atoms with Crippen molar-refractivity contribution >= 4 is 5.69 Å². The minimum absolute atomic E-state index is 0.0292. The van der Waals surface area contributed by atoms with Crippen molar-refractivity contribution in [2.45, 2.75) is 51.0 Å². The smallest absolute Gasteiger partial charge is 0.204 e. The summed E-state index contributed by atoms with van der Waals surface area (Å²) in [6, 6.07) is 1.72. The summed E-state index contributed by atoms with van der Waals surface area (Å²) in [6.45, 7) is 2.05. The highest BCUT2D eigenvalue weighted by atomic mass is 16.1. The summed E-state index contributed by atoms with van der Waals surface area (Å²) < 4.78 is 2.36. The van der Waals surface area contributed by atoms with Gasteiger partial charge in [0.1, 0.15) is 0 Å². The van der Waals surface area contributed by atoms with Crippen molar-refractivity contribution in [3.8, 4) is 0 Å². The molecule has 2 N–H and O–H groups in total. The molecule has 5 rings (SSSR count). The molecule has 4 aliphatic rings. The van der Waals surface area contributed by atoms with Crippen LogP contribution in [0.3, 0.4) is 0 Å². The van der Waals surface area contributed by atoms with Crippen molar-refractivity contribution in [1.29, 1.82) is 0 Å². The standard InChI is InChI=1S/C16H22N2O/c1-10-2-15(19)14(17)9-18(10)16-6-11-3-12(7-16)5-13(4-11)8-16/h2,9,11-13H,3-8,17H2,1H3. The Morgan fingerprint density at radius 3 is 2.21 bits per heavy atom. The van der Waals surface area contributed by atoms with Crippen molar-refractivity contribution in [3.05, 3.63) is 28.2 Å². The van der Waals surface area contributed by atoms with Gasteiger partial charge in [0.15, 0.2) is 0 Å². The zero-order chi connectivity index (χ0) is 13.2. The number of hydrogen-bond donors (Lipinski definition) is 1. The Hall–Kier alpha value is -1.25. The maximum atomic E-state index is 11.7. The van der Waals surface area contributed by atoms with Crippen molar-refractivity contribution < 1.29 is 0 Å². The SMILES string of the molecule is Cc1cc(=O)c(N)cn1C12CC3CC(CC(C3)C1)C2. The molecule has 4 bridgehead atoms. The first-order chi connectivity index (χ1) is 9.06. The molecule has 4 aliphatic carbocycles. The minimum Gasteiger partial charge on any atom is -0.394 e. The monoisotopic (exact) mass is 258 g/mol. The van der Waals surface area contributed by atoms with Gasteiger partial charge in [-0.2, -0.15) is 0 Å². The van der Waals surface area contributed by atoms with Crippen LogP contribution in [0.15, 0.2) is 17.1 Å². The fourth-order valence-electron chi connectivity index (χ4n) is 5.52. The lowest BCUT2D eigenvalue weighted by Gasteiger charge is -2.58. The van der Waals surface area contributed by atoms with E-state index in [1.54, 1.807) is 6.07 Å². The first-order valence-corrected chi connectivity index (χ1v) is 7.55. The van der Waals surface area contributed by atoms with Gasteiger partial charge in [-0.05, 0) is 63.2 Å². The van der Waals surface area contributed by atoms with Crippen LogP contribution < -0.4 is 11.2 Å². The topological polar surface area (TPSA) is 48.0 Å². The molecule has 0 amide bonds. The number of rotatable bonds is 1. The van der Waals surface area contributed by atoms with Crippen LogP contribution >= 0.6 is 0 Å². The van der Waals surface area contributed by atoms with Gasteiger partial charge in [-0.25, -0.2) is 0 Å². The number of nitrogen functional groups attached to an aromatic ring is 1. The molecule has 4 saturated carbocycles. The fourth-order valence-corrected chi connectivity index (χ4v) is 5.52. The number of anilines is 1. The Balaban J connectivity index is 1.83. The van der Waals surface area contributed by atoms with Gasteiger partial charge in [0.05, 0.1) is 5.69 Å². The van der Waals surface area contributed by atoms with E-state index in [0.717, 1.165) is 23.4 Å².